The van der Waals surface area contributed by atoms with E-state index < -0.39 is 12.6 Å². The molecule has 1 unspecified atom stereocenters. The second kappa shape index (κ2) is 7.07. The quantitative estimate of drug-likeness (QED) is 0.782. The molecule has 0 spiro atoms. The molecule has 2 aromatic rings. The summed E-state index contributed by atoms with van der Waals surface area (Å²) in [6, 6.07) is 9.81. The topological polar surface area (TPSA) is 58.6 Å². The van der Waals surface area contributed by atoms with Crippen LogP contribution < -0.4 is 9.84 Å². The van der Waals surface area contributed by atoms with Crippen LogP contribution in [0.25, 0.3) is 11.1 Å². The maximum atomic E-state index is 10.3. The summed E-state index contributed by atoms with van der Waals surface area (Å²) in [4.78, 5) is 10.3. The van der Waals surface area contributed by atoms with Crippen molar-refractivity contribution in [3.05, 3.63) is 41.1 Å². The molecule has 1 aromatic carbocycles. The molecule has 0 saturated heterocycles. The number of hydrogen-bond acceptors (Lipinski definition) is 5. The molecule has 0 fully saturated rings. The Morgan fingerprint density at radius 1 is 1.35 bits per heavy atom. The van der Waals surface area contributed by atoms with Crippen molar-refractivity contribution in [2.24, 2.45) is 0 Å². The monoisotopic (exact) mass is 291 g/mol. The highest BCUT2D eigenvalue weighted by atomic mass is 32.1. The van der Waals surface area contributed by atoms with Gasteiger partial charge in [0.1, 0.15) is 12.4 Å². The van der Waals surface area contributed by atoms with Crippen molar-refractivity contribution >= 4 is 17.3 Å². The predicted octanol–water partition coefficient (Wildman–Crippen LogP) is 1.95. The van der Waals surface area contributed by atoms with Gasteiger partial charge in [-0.3, -0.25) is 0 Å². The third kappa shape index (κ3) is 4.36. The van der Waals surface area contributed by atoms with Crippen molar-refractivity contribution in [1.82, 2.24) is 0 Å². The van der Waals surface area contributed by atoms with Crippen LogP contribution in [-0.4, -0.2) is 25.3 Å². The highest BCUT2D eigenvalue weighted by molar-refractivity contribution is 7.08. The molecule has 106 valence electrons. The molecule has 0 aliphatic heterocycles. The molecule has 2 rings (SSSR count). The second-order valence-electron chi connectivity index (χ2n) is 4.34. The zero-order valence-corrected chi connectivity index (χ0v) is 11.9. The summed E-state index contributed by atoms with van der Waals surface area (Å²) >= 11 is 1.65. The van der Waals surface area contributed by atoms with Gasteiger partial charge in [-0.2, -0.15) is 11.3 Å². The molecule has 0 aliphatic rings. The van der Waals surface area contributed by atoms with Gasteiger partial charge in [-0.15, -0.1) is 0 Å². The van der Waals surface area contributed by atoms with Crippen LogP contribution in [0.15, 0.2) is 41.1 Å². The Hall–Kier alpha value is -1.85. The molecule has 1 atom stereocenters. The van der Waals surface area contributed by atoms with E-state index in [4.69, 9.17) is 9.47 Å². The third-order valence-electron chi connectivity index (χ3n) is 2.66. The summed E-state index contributed by atoms with van der Waals surface area (Å²) in [5, 5.41) is 14.4. The molecule has 1 heterocycles. The fourth-order valence-corrected chi connectivity index (χ4v) is 2.33. The van der Waals surface area contributed by atoms with E-state index >= 15 is 0 Å². The molecule has 20 heavy (non-hydrogen) atoms. The van der Waals surface area contributed by atoms with Gasteiger partial charge in [0.25, 0.3) is 0 Å². The van der Waals surface area contributed by atoms with Crippen molar-refractivity contribution in [2.75, 3.05) is 13.2 Å². The van der Waals surface area contributed by atoms with Crippen LogP contribution in [0, 0.1) is 0 Å². The molecule has 5 heteroatoms. The van der Waals surface area contributed by atoms with Crippen molar-refractivity contribution in [3.8, 4) is 16.9 Å². The Kier molecular flexibility index (Phi) is 5.15. The Morgan fingerprint density at radius 2 is 2.20 bits per heavy atom. The number of carboxylic acid groups (broad SMARTS) is 1. The van der Waals surface area contributed by atoms with Crippen molar-refractivity contribution in [2.45, 2.75) is 13.0 Å². The number of hydrogen-bond donors (Lipinski definition) is 0. The number of carbonyl (C=O) groups excluding carboxylic acids is 1. The van der Waals surface area contributed by atoms with Gasteiger partial charge in [-0.25, -0.2) is 0 Å². The molecule has 0 N–H and O–H groups in total. The van der Waals surface area contributed by atoms with Gasteiger partial charge in [0.2, 0.25) is 0 Å². The maximum Gasteiger partial charge on any atom is 0.120 e. The lowest BCUT2D eigenvalue weighted by Crippen LogP contribution is -2.31. The zero-order valence-electron chi connectivity index (χ0n) is 11.1. The van der Waals surface area contributed by atoms with Gasteiger partial charge in [-0.1, -0.05) is 12.1 Å². The summed E-state index contributed by atoms with van der Waals surface area (Å²) in [7, 11) is 0. The third-order valence-corrected chi connectivity index (χ3v) is 3.34. The molecule has 0 bridgehead atoms. The summed E-state index contributed by atoms with van der Waals surface area (Å²) in [6.45, 7) is 1.63. The van der Waals surface area contributed by atoms with E-state index in [2.05, 4.69) is 11.4 Å². The first kappa shape index (κ1) is 14.6. The number of carbonyl (C=O) groups is 1. The SMILES string of the molecule is CC(COc1cccc(-c2ccsc2)c1)OCC(=O)[O-]. The second-order valence-corrected chi connectivity index (χ2v) is 5.12. The number of benzene rings is 1. The van der Waals surface area contributed by atoms with Crippen LogP contribution in [0.4, 0.5) is 0 Å². The van der Waals surface area contributed by atoms with Crippen molar-refractivity contribution < 1.29 is 19.4 Å². The number of carboxylic acids is 1. The highest BCUT2D eigenvalue weighted by Crippen LogP contribution is 2.25. The molecule has 4 nitrogen and oxygen atoms in total. The van der Waals surface area contributed by atoms with Gasteiger partial charge < -0.3 is 19.4 Å². The van der Waals surface area contributed by atoms with E-state index in [0.29, 0.717) is 6.61 Å². The molecule has 0 aliphatic carbocycles. The molecule has 1 aromatic heterocycles. The lowest BCUT2D eigenvalue weighted by molar-refractivity contribution is -0.310. The minimum absolute atomic E-state index is 0.292. The smallest absolute Gasteiger partial charge is 0.120 e. The normalized spacial score (nSPS) is 12.1. The minimum atomic E-state index is -1.23. The van der Waals surface area contributed by atoms with Crippen LogP contribution in [-0.2, 0) is 9.53 Å². The Morgan fingerprint density at radius 3 is 2.90 bits per heavy atom. The van der Waals surface area contributed by atoms with E-state index in [9.17, 15) is 9.90 Å². The fourth-order valence-electron chi connectivity index (χ4n) is 1.67. The zero-order chi connectivity index (χ0) is 14.4. The van der Waals surface area contributed by atoms with Crippen molar-refractivity contribution in [1.29, 1.82) is 0 Å². The summed E-state index contributed by atoms with van der Waals surface area (Å²) in [5.74, 6) is -0.492. The van der Waals surface area contributed by atoms with Crippen LogP contribution in [0.3, 0.4) is 0 Å². The first-order valence-electron chi connectivity index (χ1n) is 6.22. The van der Waals surface area contributed by atoms with E-state index in [1.54, 1.807) is 18.3 Å². The van der Waals surface area contributed by atoms with Gasteiger partial charge in [0.05, 0.1) is 18.7 Å². The molecule has 0 amide bonds. The van der Waals surface area contributed by atoms with E-state index in [-0.39, 0.29) is 6.10 Å². The van der Waals surface area contributed by atoms with Gasteiger partial charge in [0, 0.05) is 0 Å². The first-order chi connectivity index (χ1) is 9.65. The number of ether oxygens (including phenoxy) is 2. The molecular weight excluding hydrogens is 276 g/mol. The van der Waals surface area contributed by atoms with Crippen LogP contribution in [0.2, 0.25) is 0 Å². The van der Waals surface area contributed by atoms with E-state index in [1.165, 1.54) is 0 Å². The van der Waals surface area contributed by atoms with Crippen LogP contribution in [0.5, 0.6) is 5.75 Å². The average molecular weight is 291 g/mol. The largest absolute Gasteiger partial charge is 0.548 e. The lowest BCUT2D eigenvalue weighted by Gasteiger charge is -2.15. The Bertz CT molecular complexity index is 551. The van der Waals surface area contributed by atoms with Crippen molar-refractivity contribution in [3.63, 3.8) is 0 Å². The average Bonchev–Trinajstić information content (AvgIpc) is 2.97. The predicted molar refractivity (Wildman–Crippen MR) is 75.7 cm³/mol. The standard InChI is InChI=1S/C15H16O4S/c1-11(18-9-15(16)17)8-19-14-4-2-3-12(7-14)13-5-6-20-10-13/h2-7,10-11H,8-9H2,1H3,(H,16,17)/p-1. The van der Waals surface area contributed by atoms with Gasteiger partial charge in [-0.05, 0) is 47.0 Å². The molecular formula is C15H15O4S-. The maximum absolute atomic E-state index is 10.3. The fraction of sp³-hybridized carbons (Fsp3) is 0.267. The Labute approximate surface area is 121 Å². The summed E-state index contributed by atoms with van der Waals surface area (Å²) in [5.41, 5.74) is 2.24. The summed E-state index contributed by atoms with van der Waals surface area (Å²) in [6.07, 6.45) is -0.308. The Balaban J connectivity index is 1.90. The summed E-state index contributed by atoms with van der Waals surface area (Å²) < 4.78 is 10.6. The number of aliphatic carboxylic acids is 1. The lowest BCUT2D eigenvalue weighted by atomic mass is 10.1. The van der Waals surface area contributed by atoms with Gasteiger partial charge in [0.15, 0.2) is 0 Å². The van der Waals surface area contributed by atoms with Crippen LogP contribution in [0.1, 0.15) is 6.92 Å². The van der Waals surface area contributed by atoms with E-state index in [0.717, 1.165) is 16.9 Å². The van der Waals surface area contributed by atoms with Crippen LogP contribution >= 0.6 is 11.3 Å². The highest BCUT2D eigenvalue weighted by Gasteiger charge is 2.05. The number of rotatable bonds is 7. The van der Waals surface area contributed by atoms with Gasteiger partial charge >= 0.3 is 0 Å². The molecule has 0 saturated carbocycles. The first-order valence-corrected chi connectivity index (χ1v) is 7.16. The van der Waals surface area contributed by atoms with E-state index in [1.807, 2.05) is 29.6 Å². The minimum Gasteiger partial charge on any atom is -0.548 e. The molecule has 0 radical (unpaired) electrons. The number of thiophene rings is 1.